The molecular formula is C9H12FNO2. The summed E-state index contributed by atoms with van der Waals surface area (Å²) in [5, 5.41) is 8.74. The van der Waals surface area contributed by atoms with Crippen LogP contribution in [0.25, 0.3) is 0 Å². The van der Waals surface area contributed by atoms with Crippen molar-refractivity contribution in [2.75, 3.05) is 0 Å². The van der Waals surface area contributed by atoms with Gasteiger partial charge in [0.25, 0.3) is 0 Å². The fourth-order valence-electron chi connectivity index (χ4n) is 0.919. The van der Waals surface area contributed by atoms with Crippen molar-refractivity contribution < 1.29 is 14.2 Å². The number of aliphatic hydroxyl groups excluding tert-OH is 1. The number of aromatic nitrogens is 1. The monoisotopic (exact) mass is 185 g/mol. The molecule has 0 saturated carbocycles. The molecule has 0 aromatic carbocycles. The quantitative estimate of drug-likeness (QED) is 0.725. The van der Waals surface area contributed by atoms with E-state index in [0.29, 0.717) is 5.75 Å². The van der Waals surface area contributed by atoms with Crippen LogP contribution in [0.15, 0.2) is 12.3 Å². The summed E-state index contributed by atoms with van der Waals surface area (Å²) in [6.07, 6.45) is 1.31. The highest BCUT2D eigenvalue weighted by Gasteiger charge is 2.05. The summed E-state index contributed by atoms with van der Waals surface area (Å²) >= 11 is 0. The van der Waals surface area contributed by atoms with Gasteiger partial charge in [-0.3, -0.25) is 0 Å². The van der Waals surface area contributed by atoms with Crippen LogP contribution < -0.4 is 4.74 Å². The molecule has 1 N–H and O–H groups in total. The molecule has 0 unspecified atom stereocenters. The molecule has 0 fully saturated rings. The number of rotatable bonds is 3. The molecule has 72 valence electrons. The molecule has 13 heavy (non-hydrogen) atoms. The van der Waals surface area contributed by atoms with E-state index in [1.807, 2.05) is 13.8 Å². The minimum Gasteiger partial charge on any atom is -0.489 e. The number of pyridine rings is 1. The first-order valence-corrected chi connectivity index (χ1v) is 4.05. The zero-order valence-corrected chi connectivity index (χ0v) is 7.62. The van der Waals surface area contributed by atoms with Crippen LogP contribution in [0, 0.1) is 5.95 Å². The second kappa shape index (κ2) is 4.18. The zero-order valence-electron chi connectivity index (χ0n) is 7.62. The lowest BCUT2D eigenvalue weighted by Gasteiger charge is -2.09. The summed E-state index contributed by atoms with van der Waals surface area (Å²) in [7, 11) is 0. The predicted octanol–water partition coefficient (Wildman–Crippen LogP) is 1.50. The third-order valence-corrected chi connectivity index (χ3v) is 1.43. The average Bonchev–Trinajstić information content (AvgIpc) is 2.07. The molecule has 0 radical (unpaired) electrons. The summed E-state index contributed by atoms with van der Waals surface area (Å²) in [6, 6.07) is 1.45. The Kier molecular flexibility index (Phi) is 3.19. The summed E-state index contributed by atoms with van der Waals surface area (Å²) in [4.78, 5) is 3.45. The van der Waals surface area contributed by atoms with E-state index in [0.717, 1.165) is 0 Å². The molecule has 3 nitrogen and oxygen atoms in total. The van der Waals surface area contributed by atoms with Crippen molar-refractivity contribution in [1.82, 2.24) is 4.98 Å². The maximum atomic E-state index is 12.8. The largest absolute Gasteiger partial charge is 0.489 e. The first kappa shape index (κ1) is 9.92. The Morgan fingerprint density at radius 3 is 2.85 bits per heavy atom. The van der Waals surface area contributed by atoms with Crippen LogP contribution in [0.1, 0.15) is 19.4 Å². The maximum Gasteiger partial charge on any atom is 0.218 e. The van der Waals surface area contributed by atoms with E-state index in [1.165, 1.54) is 12.3 Å². The molecule has 0 spiro atoms. The third kappa shape index (κ3) is 2.66. The van der Waals surface area contributed by atoms with E-state index in [9.17, 15) is 4.39 Å². The highest BCUT2D eigenvalue weighted by atomic mass is 19.1. The number of nitrogens with zero attached hydrogens (tertiary/aromatic N) is 1. The summed E-state index contributed by atoms with van der Waals surface area (Å²) in [5.41, 5.74) is 0.151. The van der Waals surface area contributed by atoms with Gasteiger partial charge in [-0.15, -0.1) is 0 Å². The number of aliphatic hydroxyl groups is 1. The van der Waals surface area contributed by atoms with Crippen molar-refractivity contribution in [2.45, 2.75) is 26.6 Å². The van der Waals surface area contributed by atoms with Crippen LogP contribution in [0.3, 0.4) is 0 Å². The van der Waals surface area contributed by atoms with Crippen LogP contribution in [0.4, 0.5) is 4.39 Å². The minimum atomic E-state index is -0.654. The summed E-state index contributed by atoms with van der Waals surface area (Å²) in [6.45, 7) is 3.36. The van der Waals surface area contributed by atoms with Crippen molar-refractivity contribution in [2.24, 2.45) is 0 Å². The molecule has 4 heteroatoms. The van der Waals surface area contributed by atoms with Crippen LogP contribution >= 0.6 is 0 Å². The van der Waals surface area contributed by atoms with Gasteiger partial charge in [0.1, 0.15) is 5.75 Å². The molecule has 0 aliphatic carbocycles. The number of hydrogen-bond acceptors (Lipinski definition) is 3. The normalized spacial score (nSPS) is 10.5. The molecule has 0 aliphatic rings. The van der Waals surface area contributed by atoms with Crippen LogP contribution in [0.2, 0.25) is 0 Å². The first-order chi connectivity index (χ1) is 6.13. The van der Waals surface area contributed by atoms with Gasteiger partial charge in [0.2, 0.25) is 5.95 Å². The number of hydrogen-bond donors (Lipinski definition) is 1. The zero-order chi connectivity index (χ0) is 9.84. The smallest absolute Gasteiger partial charge is 0.218 e. The number of halogens is 1. The minimum absolute atomic E-state index is 0.0128. The average molecular weight is 185 g/mol. The van der Waals surface area contributed by atoms with Crippen molar-refractivity contribution in [3.63, 3.8) is 0 Å². The van der Waals surface area contributed by atoms with Crippen molar-refractivity contribution in [1.29, 1.82) is 0 Å². The molecule has 1 aromatic heterocycles. The maximum absolute atomic E-state index is 12.8. The fourth-order valence-corrected chi connectivity index (χ4v) is 0.919. The highest BCUT2D eigenvalue weighted by Crippen LogP contribution is 2.15. The molecule has 1 aromatic rings. The molecule has 0 aliphatic heterocycles. The van der Waals surface area contributed by atoms with Gasteiger partial charge in [-0.25, -0.2) is 4.98 Å². The van der Waals surface area contributed by atoms with E-state index < -0.39 is 5.95 Å². The fraction of sp³-hybridized carbons (Fsp3) is 0.444. The third-order valence-electron chi connectivity index (χ3n) is 1.43. The van der Waals surface area contributed by atoms with Crippen molar-refractivity contribution in [3.05, 3.63) is 23.8 Å². The van der Waals surface area contributed by atoms with E-state index in [-0.39, 0.29) is 18.3 Å². The Balaban J connectivity index is 2.86. The number of ether oxygens (including phenoxy) is 1. The van der Waals surface area contributed by atoms with Gasteiger partial charge in [0, 0.05) is 5.56 Å². The molecule has 1 rings (SSSR count). The van der Waals surface area contributed by atoms with Gasteiger partial charge in [-0.2, -0.15) is 4.39 Å². The lowest BCUT2D eigenvalue weighted by atomic mass is 10.3. The van der Waals surface area contributed by atoms with Crippen LogP contribution in [-0.4, -0.2) is 16.2 Å². The molecule has 0 bridgehead atoms. The Bertz CT molecular complexity index is 289. The van der Waals surface area contributed by atoms with E-state index in [2.05, 4.69) is 4.98 Å². The Hall–Kier alpha value is -1.16. The van der Waals surface area contributed by atoms with Gasteiger partial charge >= 0.3 is 0 Å². The molecule has 0 atom stereocenters. The standard InChI is InChI=1S/C9H12FNO2/c1-6(2)13-8-3-7(5-12)9(10)11-4-8/h3-4,6,12H,5H2,1-2H3. The van der Waals surface area contributed by atoms with E-state index in [1.54, 1.807) is 0 Å². The van der Waals surface area contributed by atoms with Gasteiger partial charge in [-0.05, 0) is 19.9 Å². The van der Waals surface area contributed by atoms with E-state index in [4.69, 9.17) is 9.84 Å². The highest BCUT2D eigenvalue weighted by molar-refractivity contribution is 5.24. The summed E-state index contributed by atoms with van der Waals surface area (Å²) in [5.74, 6) is -0.181. The molecule has 1 heterocycles. The van der Waals surface area contributed by atoms with Gasteiger partial charge in [0.15, 0.2) is 0 Å². The lowest BCUT2D eigenvalue weighted by Crippen LogP contribution is -2.07. The second-order valence-electron chi connectivity index (χ2n) is 2.95. The summed E-state index contributed by atoms with van der Waals surface area (Å²) < 4.78 is 18.1. The van der Waals surface area contributed by atoms with Gasteiger partial charge in [-0.1, -0.05) is 0 Å². The Morgan fingerprint density at radius 1 is 1.62 bits per heavy atom. The topological polar surface area (TPSA) is 42.4 Å². The molecular weight excluding hydrogens is 173 g/mol. The van der Waals surface area contributed by atoms with Crippen LogP contribution in [-0.2, 0) is 6.61 Å². The second-order valence-corrected chi connectivity index (χ2v) is 2.95. The van der Waals surface area contributed by atoms with Crippen molar-refractivity contribution >= 4 is 0 Å². The van der Waals surface area contributed by atoms with Crippen molar-refractivity contribution in [3.8, 4) is 5.75 Å². The van der Waals surface area contributed by atoms with Crippen LogP contribution in [0.5, 0.6) is 5.75 Å². The Labute approximate surface area is 76.2 Å². The lowest BCUT2D eigenvalue weighted by molar-refractivity contribution is 0.237. The SMILES string of the molecule is CC(C)Oc1cnc(F)c(CO)c1. The predicted molar refractivity (Wildman–Crippen MR) is 45.9 cm³/mol. The molecule has 0 amide bonds. The van der Waals surface area contributed by atoms with Gasteiger partial charge in [0.05, 0.1) is 18.9 Å². The Morgan fingerprint density at radius 2 is 2.31 bits per heavy atom. The first-order valence-electron chi connectivity index (χ1n) is 4.05. The molecule has 0 saturated heterocycles. The van der Waals surface area contributed by atoms with E-state index >= 15 is 0 Å². The van der Waals surface area contributed by atoms with Gasteiger partial charge < -0.3 is 9.84 Å².